The van der Waals surface area contributed by atoms with Crippen molar-refractivity contribution in [1.82, 2.24) is 14.9 Å². The van der Waals surface area contributed by atoms with E-state index in [2.05, 4.69) is 10.0 Å². The van der Waals surface area contributed by atoms with Gasteiger partial charge in [0.2, 0.25) is 21.8 Å². The Hall–Kier alpha value is -2.82. The highest BCUT2D eigenvalue weighted by atomic mass is 32.2. The van der Waals surface area contributed by atoms with Crippen LogP contribution in [0.3, 0.4) is 0 Å². The van der Waals surface area contributed by atoms with Gasteiger partial charge in [0.05, 0.1) is 24.1 Å². The Morgan fingerprint density at radius 3 is 2.48 bits per heavy atom. The maximum atomic E-state index is 13.1. The molecule has 0 aromatic heterocycles. The Balaban J connectivity index is 1.55. The molecule has 0 radical (unpaired) electrons. The third-order valence-corrected chi connectivity index (χ3v) is 6.67. The van der Waals surface area contributed by atoms with Crippen molar-refractivity contribution in [3.63, 3.8) is 0 Å². The fourth-order valence-corrected chi connectivity index (χ4v) is 4.45. The van der Waals surface area contributed by atoms with Gasteiger partial charge in [-0.25, -0.2) is 17.5 Å². The summed E-state index contributed by atoms with van der Waals surface area (Å²) in [5.41, 5.74) is 1.08. The van der Waals surface area contributed by atoms with E-state index in [1.165, 1.54) is 4.90 Å². The Morgan fingerprint density at radius 2 is 1.82 bits per heavy atom. The molecule has 1 heterocycles. The highest BCUT2D eigenvalue weighted by molar-refractivity contribution is 7.89. The summed E-state index contributed by atoms with van der Waals surface area (Å²) >= 11 is 0. The van der Waals surface area contributed by atoms with Crippen LogP contribution in [0.1, 0.15) is 18.4 Å². The van der Waals surface area contributed by atoms with E-state index < -0.39 is 28.3 Å². The van der Waals surface area contributed by atoms with Gasteiger partial charge in [0.1, 0.15) is 5.82 Å². The monoisotopic (exact) mass is 477 g/mol. The normalized spacial score (nSPS) is 15.8. The Kier molecular flexibility index (Phi) is 8.93. The summed E-state index contributed by atoms with van der Waals surface area (Å²) in [7, 11) is -4.00. The van der Waals surface area contributed by atoms with Crippen LogP contribution < -0.4 is 10.0 Å². The molecule has 0 saturated carbocycles. The van der Waals surface area contributed by atoms with E-state index in [1.807, 2.05) is 30.3 Å². The van der Waals surface area contributed by atoms with Crippen LogP contribution in [0, 0.1) is 5.82 Å². The second-order valence-corrected chi connectivity index (χ2v) is 9.54. The number of halogens is 1. The molecule has 8 nitrogen and oxygen atoms in total. The molecule has 0 aliphatic carbocycles. The highest BCUT2D eigenvalue weighted by Crippen LogP contribution is 2.14. The zero-order valence-electron chi connectivity index (χ0n) is 18.2. The molecule has 33 heavy (non-hydrogen) atoms. The summed E-state index contributed by atoms with van der Waals surface area (Å²) in [4.78, 5) is 26.4. The van der Waals surface area contributed by atoms with Crippen molar-refractivity contribution in [3.05, 3.63) is 66.0 Å². The van der Waals surface area contributed by atoms with Gasteiger partial charge in [-0.05, 0) is 49.1 Å². The van der Waals surface area contributed by atoms with Gasteiger partial charge in [0.25, 0.3) is 0 Å². The molecule has 10 heteroatoms. The van der Waals surface area contributed by atoms with E-state index in [9.17, 15) is 22.4 Å². The minimum absolute atomic E-state index is 0.152. The van der Waals surface area contributed by atoms with E-state index in [4.69, 9.17) is 4.74 Å². The van der Waals surface area contributed by atoms with Crippen LogP contribution in [0.15, 0.2) is 59.5 Å². The first kappa shape index (κ1) is 24.8. The van der Waals surface area contributed by atoms with Crippen LogP contribution in [0.2, 0.25) is 0 Å². The van der Waals surface area contributed by atoms with Crippen molar-refractivity contribution in [2.24, 2.45) is 0 Å². The van der Waals surface area contributed by atoms with Gasteiger partial charge in [0.15, 0.2) is 0 Å². The van der Waals surface area contributed by atoms with Gasteiger partial charge in [-0.15, -0.1) is 0 Å². The number of carbonyl (C=O) groups is 2. The van der Waals surface area contributed by atoms with E-state index >= 15 is 0 Å². The first-order valence-corrected chi connectivity index (χ1v) is 12.3. The molecule has 2 N–H and O–H groups in total. The molecular formula is C23H28FN3O5S. The number of carbonyl (C=O) groups excluding carboxylic acids is 2. The average Bonchev–Trinajstić information content (AvgIpc) is 3.31. The molecule has 2 aromatic carbocycles. The molecular weight excluding hydrogens is 449 g/mol. The molecule has 0 unspecified atom stereocenters. The summed E-state index contributed by atoms with van der Waals surface area (Å²) < 4.78 is 45.7. The summed E-state index contributed by atoms with van der Waals surface area (Å²) in [6.45, 7) is 0.480. The lowest BCUT2D eigenvalue weighted by Gasteiger charge is -2.25. The Morgan fingerprint density at radius 1 is 1.09 bits per heavy atom. The molecule has 178 valence electrons. The molecule has 0 bridgehead atoms. The van der Waals surface area contributed by atoms with Crippen LogP contribution in [-0.4, -0.2) is 64.0 Å². The summed E-state index contributed by atoms with van der Waals surface area (Å²) in [5.74, 6) is -1.45. The molecule has 1 atom stereocenters. The van der Waals surface area contributed by atoms with Crippen LogP contribution in [0.5, 0.6) is 0 Å². The predicted octanol–water partition coefficient (Wildman–Crippen LogP) is 1.47. The molecule has 1 fully saturated rings. The van der Waals surface area contributed by atoms with Crippen molar-refractivity contribution in [1.29, 1.82) is 0 Å². The SMILES string of the molecule is O=C(CN(C[C@H]1CCCO1)C(=O)CNS(=O)(=O)c1ccc(F)cc1)NCCc1ccccc1. The first-order chi connectivity index (χ1) is 15.8. The van der Waals surface area contributed by atoms with Crippen LogP contribution in [0.4, 0.5) is 4.39 Å². The molecule has 2 aromatic rings. The van der Waals surface area contributed by atoms with Crippen molar-refractivity contribution < 1.29 is 27.1 Å². The van der Waals surface area contributed by atoms with E-state index in [1.54, 1.807) is 0 Å². The Bertz CT molecular complexity index is 1030. The lowest BCUT2D eigenvalue weighted by Crippen LogP contribution is -2.48. The van der Waals surface area contributed by atoms with Gasteiger partial charge >= 0.3 is 0 Å². The van der Waals surface area contributed by atoms with Crippen LogP contribution in [-0.2, 0) is 30.8 Å². The molecule has 1 aliphatic rings. The number of nitrogens with one attached hydrogen (secondary N) is 2. The molecule has 1 saturated heterocycles. The van der Waals surface area contributed by atoms with Gasteiger partial charge in [-0.2, -0.15) is 0 Å². The standard InChI is InChI=1S/C23H28FN3O5S/c24-19-8-10-21(11-9-19)33(30,31)26-15-23(29)27(16-20-7-4-14-32-20)17-22(28)25-13-12-18-5-2-1-3-6-18/h1-3,5-6,8-11,20,26H,4,7,12-17H2,(H,25,28)/t20-/m1/s1. The van der Waals surface area contributed by atoms with Crippen molar-refractivity contribution >= 4 is 21.8 Å². The van der Waals surface area contributed by atoms with Gasteiger partial charge < -0.3 is 15.0 Å². The largest absolute Gasteiger partial charge is 0.376 e. The summed E-state index contributed by atoms with van der Waals surface area (Å²) in [6, 6.07) is 14.0. The van der Waals surface area contributed by atoms with Crippen molar-refractivity contribution in [3.8, 4) is 0 Å². The number of amides is 2. The lowest BCUT2D eigenvalue weighted by atomic mass is 10.1. The molecule has 3 rings (SSSR count). The smallest absolute Gasteiger partial charge is 0.241 e. The third-order valence-electron chi connectivity index (χ3n) is 5.25. The van der Waals surface area contributed by atoms with E-state index in [0.717, 1.165) is 42.7 Å². The van der Waals surface area contributed by atoms with Gasteiger partial charge in [0, 0.05) is 19.7 Å². The second kappa shape index (κ2) is 11.9. The topological polar surface area (TPSA) is 105 Å². The lowest BCUT2D eigenvalue weighted by molar-refractivity contribution is -0.136. The summed E-state index contributed by atoms with van der Waals surface area (Å²) in [6.07, 6.45) is 2.09. The first-order valence-electron chi connectivity index (χ1n) is 10.8. The second-order valence-electron chi connectivity index (χ2n) is 7.77. The fourth-order valence-electron chi connectivity index (χ4n) is 3.47. The highest BCUT2D eigenvalue weighted by Gasteiger charge is 2.25. The number of hydrogen-bond acceptors (Lipinski definition) is 5. The molecule has 2 amide bonds. The summed E-state index contributed by atoms with van der Waals surface area (Å²) in [5, 5.41) is 2.80. The van der Waals surface area contributed by atoms with Crippen molar-refractivity contribution in [2.75, 3.05) is 32.8 Å². The number of hydrogen-bond donors (Lipinski definition) is 2. The fraction of sp³-hybridized carbons (Fsp3) is 0.391. The quantitative estimate of drug-likeness (QED) is 0.510. The number of benzene rings is 2. The van der Waals surface area contributed by atoms with Crippen LogP contribution in [0.25, 0.3) is 0 Å². The zero-order chi connectivity index (χ0) is 23.7. The predicted molar refractivity (Wildman–Crippen MR) is 120 cm³/mol. The minimum atomic E-state index is -4.00. The third kappa shape index (κ3) is 7.92. The number of nitrogens with zero attached hydrogens (tertiary/aromatic N) is 1. The van der Waals surface area contributed by atoms with E-state index in [0.29, 0.717) is 19.6 Å². The number of ether oxygens (including phenoxy) is 1. The molecule has 0 spiro atoms. The average molecular weight is 478 g/mol. The zero-order valence-corrected chi connectivity index (χ0v) is 19.0. The maximum Gasteiger partial charge on any atom is 0.241 e. The van der Waals surface area contributed by atoms with Crippen LogP contribution >= 0.6 is 0 Å². The maximum absolute atomic E-state index is 13.1. The minimum Gasteiger partial charge on any atom is -0.376 e. The Labute approximate surface area is 193 Å². The van der Waals surface area contributed by atoms with Crippen molar-refractivity contribution in [2.45, 2.75) is 30.3 Å². The molecule has 1 aliphatic heterocycles. The van der Waals surface area contributed by atoms with Gasteiger partial charge in [-0.1, -0.05) is 30.3 Å². The van der Waals surface area contributed by atoms with E-state index in [-0.39, 0.29) is 30.0 Å². The number of rotatable bonds is 11. The number of sulfonamides is 1. The van der Waals surface area contributed by atoms with Gasteiger partial charge in [-0.3, -0.25) is 9.59 Å².